The summed E-state index contributed by atoms with van der Waals surface area (Å²) < 4.78 is 5.42. The van der Waals surface area contributed by atoms with E-state index in [1.54, 1.807) is 18.9 Å². The summed E-state index contributed by atoms with van der Waals surface area (Å²) in [4.78, 5) is 1.29. The number of hydrogen-bond donors (Lipinski definition) is 1. The van der Waals surface area contributed by atoms with Crippen molar-refractivity contribution in [2.24, 2.45) is 5.73 Å². The van der Waals surface area contributed by atoms with Crippen LogP contribution in [0.1, 0.15) is 31.9 Å². The van der Waals surface area contributed by atoms with Gasteiger partial charge in [0.15, 0.2) is 0 Å². The SMILES string of the molecule is CCc1cc(OC)c(C(C)(C)N)cc1SC. The molecule has 2 nitrogen and oxygen atoms in total. The second-order valence-corrected chi connectivity index (χ2v) is 5.29. The first-order valence-electron chi connectivity index (χ1n) is 5.48. The molecule has 0 unspecified atom stereocenters. The zero-order chi connectivity index (χ0) is 12.3. The Kier molecular flexibility index (Phi) is 4.28. The highest BCUT2D eigenvalue weighted by atomic mass is 32.2. The van der Waals surface area contributed by atoms with Gasteiger partial charge in [-0.15, -0.1) is 11.8 Å². The summed E-state index contributed by atoms with van der Waals surface area (Å²) in [5.41, 5.74) is 8.17. The van der Waals surface area contributed by atoms with Gasteiger partial charge in [-0.2, -0.15) is 0 Å². The van der Waals surface area contributed by atoms with Gasteiger partial charge < -0.3 is 10.5 Å². The fourth-order valence-electron chi connectivity index (χ4n) is 1.74. The van der Waals surface area contributed by atoms with Crippen molar-refractivity contribution in [3.8, 4) is 5.75 Å². The van der Waals surface area contributed by atoms with Gasteiger partial charge in [0.05, 0.1) is 7.11 Å². The van der Waals surface area contributed by atoms with E-state index < -0.39 is 0 Å². The molecule has 1 rings (SSSR count). The molecule has 0 bridgehead atoms. The molecular weight excluding hydrogens is 218 g/mol. The Hall–Kier alpha value is -0.670. The standard InChI is InChI=1S/C13H21NOS/c1-6-9-7-11(15-4)10(13(2,3)14)8-12(9)16-5/h7-8H,6,14H2,1-5H3. The monoisotopic (exact) mass is 239 g/mol. The minimum atomic E-state index is -0.373. The smallest absolute Gasteiger partial charge is 0.124 e. The summed E-state index contributed by atoms with van der Waals surface area (Å²) in [7, 11) is 1.70. The summed E-state index contributed by atoms with van der Waals surface area (Å²) in [5.74, 6) is 0.891. The van der Waals surface area contributed by atoms with Crippen LogP contribution in [0.3, 0.4) is 0 Å². The van der Waals surface area contributed by atoms with E-state index in [2.05, 4.69) is 25.3 Å². The molecule has 0 aromatic heterocycles. The maximum atomic E-state index is 6.16. The maximum Gasteiger partial charge on any atom is 0.124 e. The molecule has 2 N–H and O–H groups in total. The largest absolute Gasteiger partial charge is 0.496 e. The predicted molar refractivity (Wildman–Crippen MR) is 71.4 cm³/mol. The van der Waals surface area contributed by atoms with Crippen LogP contribution >= 0.6 is 11.8 Å². The molecule has 0 atom stereocenters. The Balaban J connectivity index is 3.38. The van der Waals surface area contributed by atoms with Gasteiger partial charge in [-0.05, 0) is 44.2 Å². The van der Waals surface area contributed by atoms with Crippen molar-refractivity contribution in [1.29, 1.82) is 0 Å². The van der Waals surface area contributed by atoms with Crippen LogP contribution in [0.4, 0.5) is 0 Å². The Morgan fingerprint density at radius 3 is 2.38 bits per heavy atom. The molecule has 0 aliphatic heterocycles. The number of thioether (sulfide) groups is 1. The highest BCUT2D eigenvalue weighted by Gasteiger charge is 2.21. The Morgan fingerprint density at radius 1 is 1.38 bits per heavy atom. The number of rotatable bonds is 4. The first-order valence-corrected chi connectivity index (χ1v) is 6.70. The second kappa shape index (κ2) is 5.11. The fourth-order valence-corrected chi connectivity index (χ4v) is 2.44. The molecule has 1 aromatic carbocycles. The van der Waals surface area contributed by atoms with Crippen molar-refractivity contribution in [3.63, 3.8) is 0 Å². The minimum absolute atomic E-state index is 0.373. The lowest BCUT2D eigenvalue weighted by Gasteiger charge is -2.24. The molecule has 0 aliphatic carbocycles. The summed E-state index contributed by atoms with van der Waals surface area (Å²) in [6.45, 7) is 6.16. The zero-order valence-corrected chi connectivity index (χ0v) is 11.6. The number of aryl methyl sites for hydroxylation is 1. The lowest BCUT2D eigenvalue weighted by atomic mass is 9.93. The number of benzene rings is 1. The third kappa shape index (κ3) is 2.71. The predicted octanol–water partition coefficient (Wildman–Crippen LogP) is 3.17. The topological polar surface area (TPSA) is 35.2 Å². The van der Waals surface area contributed by atoms with E-state index in [-0.39, 0.29) is 5.54 Å². The van der Waals surface area contributed by atoms with E-state index in [1.165, 1.54) is 10.5 Å². The first kappa shape index (κ1) is 13.4. The van der Waals surface area contributed by atoms with E-state index in [1.807, 2.05) is 13.8 Å². The molecule has 0 saturated carbocycles. The van der Waals surface area contributed by atoms with E-state index in [4.69, 9.17) is 10.5 Å². The van der Waals surface area contributed by atoms with E-state index in [0.717, 1.165) is 17.7 Å². The van der Waals surface area contributed by atoms with Crippen LogP contribution in [-0.4, -0.2) is 13.4 Å². The maximum absolute atomic E-state index is 6.16. The van der Waals surface area contributed by atoms with Crippen molar-refractivity contribution in [1.82, 2.24) is 0 Å². The molecule has 0 spiro atoms. The summed E-state index contributed by atoms with van der Waals surface area (Å²) in [6, 6.07) is 4.26. The normalized spacial score (nSPS) is 11.6. The third-order valence-electron chi connectivity index (χ3n) is 2.68. The molecule has 0 fully saturated rings. The number of ether oxygens (including phenoxy) is 1. The van der Waals surface area contributed by atoms with Crippen molar-refractivity contribution in [3.05, 3.63) is 23.3 Å². The number of hydrogen-bond acceptors (Lipinski definition) is 3. The molecule has 90 valence electrons. The van der Waals surface area contributed by atoms with Gasteiger partial charge in [0.1, 0.15) is 5.75 Å². The van der Waals surface area contributed by atoms with Gasteiger partial charge >= 0.3 is 0 Å². The minimum Gasteiger partial charge on any atom is -0.496 e. The van der Waals surface area contributed by atoms with Crippen LogP contribution in [0.15, 0.2) is 17.0 Å². The molecule has 0 aliphatic rings. The lowest BCUT2D eigenvalue weighted by Crippen LogP contribution is -2.29. The van der Waals surface area contributed by atoms with Crippen LogP contribution in [0.5, 0.6) is 5.75 Å². The van der Waals surface area contributed by atoms with Crippen LogP contribution in [0.2, 0.25) is 0 Å². The fraction of sp³-hybridized carbons (Fsp3) is 0.538. The second-order valence-electron chi connectivity index (χ2n) is 4.44. The Bertz CT molecular complexity index is 369. The molecule has 0 saturated heterocycles. The van der Waals surface area contributed by atoms with E-state index in [0.29, 0.717) is 0 Å². The molecule has 3 heteroatoms. The summed E-state index contributed by atoms with van der Waals surface area (Å²) in [5, 5.41) is 0. The van der Waals surface area contributed by atoms with Crippen molar-refractivity contribution in [2.45, 2.75) is 37.6 Å². The average molecular weight is 239 g/mol. The van der Waals surface area contributed by atoms with Crippen LogP contribution in [-0.2, 0) is 12.0 Å². The van der Waals surface area contributed by atoms with Gasteiger partial charge in [-0.25, -0.2) is 0 Å². The molecule has 0 radical (unpaired) electrons. The van der Waals surface area contributed by atoms with Gasteiger partial charge in [-0.1, -0.05) is 6.92 Å². The quantitative estimate of drug-likeness (QED) is 0.820. The van der Waals surface area contributed by atoms with Gasteiger partial charge in [0.25, 0.3) is 0 Å². The van der Waals surface area contributed by atoms with Gasteiger partial charge in [-0.3, -0.25) is 0 Å². The van der Waals surface area contributed by atoms with E-state index in [9.17, 15) is 0 Å². The highest BCUT2D eigenvalue weighted by molar-refractivity contribution is 7.98. The van der Waals surface area contributed by atoms with Gasteiger partial charge in [0.2, 0.25) is 0 Å². The molecule has 16 heavy (non-hydrogen) atoms. The summed E-state index contributed by atoms with van der Waals surface area (Å²) >= 11 is 1.76. The molecule has 0 heterocycles. The zero-order valence-electron chi connectivity index (χ0n) is 10.8. The number of methoxy groups -OCH3 is 1. The Labute approximate surface area is 103 Å². The van der Waals surface area contributed by atoms with E-state index >= 15 is 0 Å². The summed E-state index contributed by atoms with van der Waals surface area (Å²) in [6.07, 6.45) is 3.10. The van der Waals surface area contributed by atoms with Crippen LogP contribution < -0.4 is 10.5 Å². The van der Waals surface area contributed by atoms with Gasteiger partial charge in [0, 0.05) is 16.0 Å². The highest BCUT2D eigenvalue weighted by Crippen LogP contribution is 2.34. The van der Waals surface area contributed by atoms with Crippen molar-refractivity contribution in [2.75, 3.05) is 13.4 Å². The average Bonchev–Trinajstić information content (AvgIpc) is 2.25. The molecular formula is C13H21NOS. The van der Waals surface area contributed by atoms with Crippen LogP contribution in [0.25, 0.3) is 0 Å². The van der Waals surface area contributed by atoms with Crippen molar-refractivity contribution < 1.29 is 4.74 Å². The molecule has 0 amide bonds. The lowest BCUT2D eigenvalue weighted by molar-refractivity contribution is 0.393. The van der Waals surface area contributed by atoms with Crippen LogP contribution in [0, 0.1) is 0 Å². The Morgan fingerprint density at radius 2 is 2.00 bits per heavy atom. The first-order chi connectivity index (χ1) is 7.43. The molecule has 1 aromatic rings. The number of nitrogens with two attached hydrogens (primary N) is 1. The van der Waals surface area contributed by atoms with Crippen molar-refractivity contribution >= 4 is 11.8 Å². The third-order valence-corrected chi connectivity index (χ3v) is 3.50.